The lowest BCUT2D eigenvalue weighted by Gasteiger charge is -2.14. The maximum absolute atomic E-state index is 14.7. The Kier molecular flexibility index (Phi) is 4.97. The highest BCUT2D eigenvalue weighted by Crippen LogP contribution is 2.22. The Balaban J connectivity index is 1.59. The zero-order valence-electron chi connectivity index (χ0n) is 17.5. The molecule has 0 aliphatic heterocycles. The van der Waals surface area contributed by atoms with E-state index in [1.54, 1.807) is 6.33 Å². The van der Waals surface area contributed by atoms with E-state index >= 15 is 0 Å². The van der Waals surface area contributed by atoms with Crippen LogP contribution in [0.4, 0.5) is 8.78 Å². The number of hydrogen-bond acceptors (Lipinski definition) is 4. The van der Waals surface area contributed by atoms with E-state index in [0.717, 1.165) is 41.5 Å². The summed E-state index contributed by atoms with van der Waals surface area (Å²) in [4.78, 5) is 29.1. The quantitative estimate of drug-likeness (QED) is 0.384. The van der Waals surface area contributed by atoms with E-state index in [-0.39, 0.29) is 17.6 Å². The fraction of sp³-hybridized carbons (Fsp3) is 0.0800. The largest absolute Gasteiger partial charge is 0.465 e. The molecule has 2 heterocycles. The molecule has 6 nitrogen and oxygen atoms in total. The van der Waals surface area contributed by atoms with Crippen molar-refractivity contribution in [2.24, 2.45) is 0 Å². The number of carbonyl (C=O) groups is 1. The highest BCUT2D eigenvalue weighted by molar-refractivity contribution is 5.94. The van der Waals surface area contributed by atoms with E-state index in [9.17, 15) is 18.4 Å². The lowest BCUT2D eigenvalue weighted by atomic mass is 10.1. The summed E-state index contributed by atoms with van der Waals surface area (Å²) in [6, 6.07) is 17.0. The average molecular weight is 445 g/mol. The van der Waals surface area contributed by atoms with E-state index < -0.39 is 28.4 Å². The van der Waals surface area contributed by atoms with Crippen LogP contribution in [0.15, 0.2) is 78.0 Å². The van der Waals surface area contributed by atoms with Gasteiger partial charge in [-0.15, -0.1) is 0 Å². The fourth-order valence-electron chi connectivity index (χ4n) is 3.96. The number of aromatic nitrogens is 3. The minimum absolute atomic E-state index is 0.103. The van der Waals surface area contributed by atoms with Crippen LogP contribution >= 0.6 is 0 Å². The molecule has 0 fully saturated rings. The van der Waals surface area contributed by atoms with Gasteiger partial charge in [-0.2, -0.15) is 0 Å². The number of pyridine rings is 1. The molecule has 5 rings (SSSR count). The number of esters is 1. The number of halogens is 2. The Morgan fingerprint density at radius 1 is 1.00 bits per heavy atom. The van der Waals surface area contributed by atoms with Crippen LogP contribution in [0.3, 0.4) is 0 Å². The highest BCUT2D eigenvalue weighted by atomic mass is 19.1. The molecular weight excluding hydrogens is 428 g/mol. The summed E-state index contributed by atoms with van der Waals surface area (Å²) in [5.41, 5.74) is 1.98. The fourth-order valence-corrected chi connectivity index (χ4v) is 3.96. The smallest absolute Gasteiger partial charge is 0.343 e. The zero-order chi connectivity index (χ0) is 23.1. The van der Waals surface area contributed by atoms with Gasteiger partial charge in [0.05, 0.1) is 29.0 Å². The summed E-state index contributed by atoms with van der Waals surface area (Å²) < 4.78 is 37.1. The molecule has 2 aromatic heterocycles. The van der Waals surface area contributed by atoms with Gasteiger partial charge in [0.15, 0.2) is 0 Å². The van der Waals surface area contributed by atoms with Gasteiger partial charge < -0.3 is 9.30 Å². The van der Waals surface area contributed by atoms with Crippen LogP contribution in [0.25, 0.3) is 27.6 Å². The molecule has 0 atom stereocenters. The first-order valence-electron chi connectivity index (χ1n) is 10.1. The number of fused-ring (bicyclic) bond motifs is 2. The van der Waals surface area contributed by atoms with Crippen molar-refractivity contribution in [2.45, 2.75) is 6.54 Å². The molecule has 0 amide bonds. The Labute approximate surface area is 186 Å². The summed E-state index contributed by atoms with van der Waals surface area (Å²) >= 11 is 0. The number of hydrogen-bond donors (Lipinski definition) is 0. The van der Waals surface area contributed by atoms with Gasteiger partial charge >= 0.3 is 5.97 Å². The lowest BCUT2D eigenvalue weighted by molar-refractivity contribution is 0.0598. The van der Waals surface area contributed by atoms with Crippen LogP contribution in [0.2, 0.25) is 0 Å². The summed E-state index contributed by atoms with van der Waals surface area (Å²) in [6.07, 6.45) is 2.94. The summed E-state index contributed by atoms with van der Waals surface area (Å²) in [5.74, 6) is -2.58. The summed E-state index contributed by atoms with van der Waals surface area (Å²) in [7, 11) is 1.12. The summed E-state index contributed by atoms with van der Waals surface area (Å²) in [5, 5.41) is -0.487. The minimum Gasteiger partial charge on any atom is -0.465 e. The number of nitrogens with zero attached hydrogens (tertiary/aromatic N) is 3. The molecule has 0 saturated heterocycles. The van der Waals surface area contributed by atoms with Crippen molar-refractivity contribution in [3.63, 3.8) is 0 Å². The molecule has 0 unspecified atom stereocenters. The third kappa shape index (κ3) is 3.45. The van der Waals surface area contributed by atoms with Gasteiger partial charge in [0.2, 0.25) is 5.43 Å². The first kappa shape index (κ1) is 20.6. The molecule has 0 radical (unpaired) electrons. The number of ether oxygens (including phenoxy) is 1. The maximum Gasteiger partial charge on any atom is 0.343 e. The number of rotatable bonds is 4. The van der Waals surface area contributed by atoms with E-state index in [1.165, 1.54) is 10.8 Å². The van der Waals surface area contributed by atoms with Crippen LogP contribution in [0.5, 0.6) is 0 Å². The summed E-state index contributed by atoms with van der Waals surface area (Å²) in [6.45, 7) is 0.103. The van der Waals surface area contributed by atoms with Crippen molar-refractivity contribution in [3.8, 4) is 5.69 Å². The van der Waals surface area contributed by atoms with Gasteiger partial charge in [0.25, 0.3) is 0 Å². The number of para-hydroxylation sites is 2. The minimum atomic E-state index is -0.915. The van der Waals surface area contributed by atoms with Crippen molar-refractivity contribution in [1.29, 1.82) is 0 Å². The highest BCUT2D eigenvalue weighted by Gasteiger charge is 2.21. The van der Waals surface area contributed by atoms with Crippen molar-refractivity contribution < 1.29 is 18.3 Å². The first-order valence-corrected chi connectivity index (χ1v) is 10.1. The maximum atomic E-state index is 14.7. The second-order valence-corrected chi connectivity index (χ2v) is 7.51. The number of imidazole rings is 1. The van der Waals surface area contributed by atoms with E-state index in [0.29, 0.717) is 0 Å². The molecular formula is C25H17F2N3O3. The third-order valence-corrected chi connectivity index (χ3v) is 5.55. The van der Waals surface area contributed by atoms with Gasteiger partial charge in [-0.3, -0.25) is 9.36 Å². The van der Waals surface area contributed by atoms with Crippen LogP contribution in [0.1, 0.15) is 15.9 Å². The third-order valence-electron chi connectivity index (χ3n) is 5.55. The molecule has 0 bridgehead atoms. The predicted octanol–water partition coefficient (Wildman–Crippen LogP) is 4.45. The van der Waals surface area contributed by atoms with Crippen LogP contribution in [-0.2, 0) is 11.3 Å². The van der Waals surface area contributed by atoms with E-state index in [4.69, 9.17) is 0 Å². The molecule has 0 saturated carbocycles. The molecule has 3 aromatic carbocycles. The number of methoxy groups -OCH3 is 1. The van der Waals surface area contributed by atoms with Crippen molar-refractivity contribution in [1.82, 2.24) is 14.1 Å². The monoisotopic (exact) mass is 445 g/mol. The SMILES string of the molecule is COC(=O)c1cn(Cc2ccc(-n3cnc4ccccc43)cc2)c2c(F)ccc(F)c2c1=O. The van der Waals surface area contributed by atoms with Gasteiger partial charge in [-0.1, -0.05) is 24.3 Å². The van der Waals surface area contributed by atoms with Crippen molar-refractivity contribution in [3.05, 3.63) is 106 Å². The van der Waals surface area contributed by atoms with Crippen LogP contribution in [-0.4, -0.2) is 27.2 Å². The first-order chi connectivity index (χ1) is 16.0. The average Bonchev–Trinajstić information content (AvgIpc) is 3.26. The van der Waals surface area contributed by atoms with Gasteiger partial charge in [0, 0.05) is 18.4 Å². The van der Waals surface area contributed by atoms with E-state index in [2.05, 4.69) is 9.72 Å². The molecule has 5 aromatic rings. The van der Waals surface area contributed by atoms with Gasteiger partial charge in [-0.25, -0.2) is 18.6 Å². The van der Waals surface area contributed by atoms with Crippen LogP contribution in [0, 0.1) is 11.6 Å². The Morgan fingerprint density at radius 3 is 2.48 bits per heavy atom. The normalized spacial score (nSPS) is 11.2. The van der Waals surface area contributed by atoms with E-state index in [1.807, 2.05) is 53.1 Å². The molecule has 8 heteroatoms. The molecule has 0 aliphatic rings. The molecule has 164 valence electrons. The molecule has 0 aliphatic carbocycles. The van der Waals surface area contributed by atoms with Gasteiger partial charge in [-0.05, 0) is 42.0 Å². The Morgan fingerprint density at radius 2 is 1.73 bits per heavy atom. The van der Waals surface area contributed by atoms with Crippen LogP contribution < -0.4 is 5.43 Å². The van der Waals surface area contributed by atoms with Crippen molar-refractivity contribution >= 4 is 27.9 Å². The zero-order valence-corrected chi connectivity index (χ0v) is 17.5. The lowest BCUT2D eigenvalue weighted by Crippen LogP contribution is -2.22. The van der Waals surface area contributed by atoms with Gasteiger partial charge in [0.1, 0.15) is 23.5 Å². The predicted molar refractivity (Wildman–Crippen MR) is 120 cm³/mol. The standard InChI is InChI=1S/C25H17F2N3O3/c1-33-25(32)17-13-29(23-19(27)11-10-18(26)22(23)24(17)31)12-15-6-8-16(9-7-15)30-14-28-20-4-2-3-5-21(20)30/h2-11,13-14H,12H2,1H3. The molecule has 33 heavy (non-hydrogen) atoms. The Hall–Kier alpha value is -4.33. The second kappa shape index (κ2) is 7.98. The number of benzene rings is 3. The molecule has 0 spiro atoms. The number of carbonyl (C=O) groups excluding carboxylic acids is 1. The second-order valence-electron chi connectivity index (χ2n) is 7.51. The topological polar surface area (TPSA) is 66.1 Å². The molecule has 0 N–H and O–H groups in total. The Bertz CT molecular complexity index is 1590. The van der Waals surface area contributed by atoms with Crippen molar-refractivity contribution in [2.75, 3.05) is 7.11 Å².